The van der Waals surface area contributed by atoms with Gasteiger partial charge in [-0.1, -0.05) is 0 Å². The van der Waals surface area contributed by atoms with Crippen LogP contribution in [0.1, 0.15) is 23.7 Å². The van der Waals surface area contributed by atoms with E-state index in [9.17, 15) is 8.42 Å². The van der Waals surface area contributed by atoms with E-state index in [4.69, 9.17) is 0 Å². The average Bonchev–Trinajstić information content (AvgIpc) is 3.10. The Kier molecular flexibility index (Phi) is 3.58. The Hall–Kier alpha value is -1.67. The van der Waals surface area contributed by atoms with Gasteiger partial charge in [0.2, 0.25) is 0 Å². The second-order valence-electron chi connectivity index (χ2n) is 5.64. The lowest BCUT2D eigenvalue weighted by molar-refractivity contribution is 0.318. The third-order valence-electron chi connectivity index (χ3n) is 4.01. The standard InChI is InChI=1S/C13H19N5O2S/c1-17-9-14-5-11(17)8-18-4-3-10(7-18)13-12(6-15-16-13)21(2,19)20/h5-6,9-10H,3-4,7-8H2,1-2H3,(H,15,16)/t10-/m0/s1. The topological polar surface area (TPSA) is 83.9 Å². The second-order valence-corrected chi connectivity index (χ2v) is 7.62. The quantitative estimate of drug-likeness (QED) is 0.891. The van der Waals surface area contributed by atoms with Crippen molar-refractivity contribution in [3.63, 3.8) is 0 Å². The van der Waals surface area contributed by atoms with Crippen LogP contribution in [0.2, 0.25) is 0 Å². The van der Waals surface area contributed by atoms with Crippen LogP contribution in [0.4, 0.5) is 0 Å². The van der Waals surface area contributed by atoms with Crippen molar-refractivity contribution in [3.8, 4) is 0 Å². The van der Waals surface area contributed by atoms with Crippen LogP contribution >= 0.6 is 0 Å². The van der Waals surface area contributed by atoms with Gasteiger partial charge >= 0.3 is 0 Å². The number of imidazole rings is 1. The molecule has 8 heteroatoms. The Morgan fingerprint density at radius 3 is 2.90 bits per heavy atom. The molecule has 0 aliphatic carbocycles. The fourth-order valence-corrected chi connectivity index (χ4v) is 3.71. The second kappa shape index (κ2) is 5.27. The summed E-state index contributed by atoms with van der Waals surface area (Å²) >= 11 is 0. The largest absolute Gasteiger partial charge is 0.337 e. The first-order valence-electron chi connectivity index (χ1n) is 6.86. The van der Waals surface area contributed by atoms with Crippen molar-refractivity contribution < 1.29 is 8.42 Å². The highest BCUT2D eigenvalue weighted by molar-refractivity contribution is 7.90. The summed E-state index contributed by atoms with van der Waals surface area (Å²) in [6, 6.07) is 0. The minimum Gasteiger partial charge on any atom is -0.337 e. The molecule has 1 saturated heterocycles. The molecule has 2 aromatic heterocycles. The van der Waals surface area contributed by atoms with Crippen molar-refractivity contribution in [1.82, 2.24) is 24.6 Å². The predicted molar refractivity (Wildman–Crippen MR) is 77.5 cm³/mol. The van der Waals surface area contributed by atoms with Crippen molar-refractivity contribution in [2.24, 2.45) is 7.05 Å². The molecule has 0 amide bonds. The molecular weight excluding hydrogens is 290 g/mol. The number of H-pyrrole nitrogens is 1. The van der Waals surface area contributed by atoms with Gasteiger partial charge in [0.25, 0.3) is 0 Å². The minimum absolute atomic E-state index is 0.186. The van der Waals surface area contributed by atoms with E-state index in [1.807, 2.05) is 17.8 Å². The van der Waals surface area contributed by atoms with Gasteiger partial charge in [0.1, 0.15) is 4.90 Å². The monoisotopic (exact) mass is 309 g/mol. The molecule has 1 aliphatic rings. The summed E-state index contributed by atoms with van der Waals surface area (Å²) in [5.41, 5.74) is 1.90. The number of hydrogen-bond acceptors (Lipinski definition) is 5. The highest BCUT2D eigenvalue weighted by atomic mass is 32.2. The molecular formula is C13H19N5O2S. The van der Waals surface area contributed by atoms with Crippen LogP contribution < -0.4 is 0 Å². The molecule has 3 heterocycles. The molecule has 0 spiro atoms. The van der Waals surface area contributed by atoms with E-state index in [1.54, 1.807) is 6.33 Å². The van der Waals surface area contributed by atoms with E-state index in [0.29, 0.717) is 4.90 Å². The lowest BCUT2D eigenvalue weighted by Gasteiger charge is -2.16. The normalized spacial score (nSPS) is 20.2. The first kappa shape index (κ1) is 14.3. The van der Waals surface area contributed by atoms with E-state index in [0.717, 1.165) is 37.4 Å². The summed E-state index contributed by atoms with van der Waals surface area (Å²) in [5, 5.41) is 6.78. The van der Waals surface area contributed by atoms with Crippen LogP contribution in [0.15, 0.2) is 23.6 Å². The van der Waals surface area contributed by atoms with Crippen LogP contribution in [0.25, 0.3) is 0 Å². The number of aromatic amines is 1. The first-order chi connectivity index (χ1) is 9.95. The van der Waals surface area contributed by atoms with E-state index in [2.05, 4.69) is 20.1 Å². The maximum atomic E-state index is 11.8. The van der Waals surface area contributed by atoms with Crippen molar-refractivity contribution in [2.75, 3.05) is 19.3 Å². The highest BCUT2D eigenvalue weighted by Gasteiger charge is 2.29. The van der Waals surface area contributed by atoms with Gasteiger partial charge in [0, 0.05) is 38.5 Å². The molecule has 0 unspecified atom stereocenters. The zero-order valence-corrected chi connectivity index (χ0v) is 13.0. The molecule has 114 valence electrons. The Morgan fingerprint density at radius 1 is 1.43 bits per heavy atom. The Labute approximate surface area is 123 Å². The van der Waals surface area contributed by atoms with Crippen molar-refractivity contribution in [3.05, 3.63) is 30.1 Å². The third kappa shape index (κ3) is 2.86. The Bertz CT molecular complexity index is 733. The van der Waals surface area contributed by atoms with E-state index < -0.39 is 9.84 Å². The highest BCUT2D eigenvalue weighted by Crippen LogP contribution is 2.30. The maximum absolute atomic E-state index is 11.8. The summed E-state index contributed by atoms with van der Waals surface area (Å²) in [4.78, 5) is 6.76. The summed E-state index contributed by atoms with van der Waals surface area (Å²) in [6.45, 7) is 2.60. The maximum Gasteiger partial charge on any atom is 0.178 e. The third-order valence-corrected chi connectivity index (χ3v) is 5.14. The van der Waals surface area contributed by atoms with Gasteiger partial charge in [0.05, 0.1) is 23.9 Å². The lowest BCUT2D eigenvalue weighted by atomic mass is 10.1. The number of nitrogens with one attached hydrogen (secondary N) is 1. The van der Waals surface area contributed by atoms with Crippen LogP contribution in [0.5, 0.6) is 0 Å². The molecule has 0 radical (unpaired) electrons. The lowest BCUT2D eigenvalue weighted by Crippen LogP contribution is -2.21. The molecule has 21 heavy (non-hydrogen) atoms. The Balaban J connectivity index is 1.73. The summed E-state index contributed by atoms with van der Waals surface area (Å²) in [7, 11) is -1.25. The van der Waals surface area contributed by atoms with Gasteiger partial charge in [-0.25, -0.2) is 13.4 Å². The fourth-order valence-electron chi connectivity index (χ4n) is 2.85. The van der Waals surface area contributed by atoms with Crippen molar-refractivity contribution in [2.45, 2.75) is 23.8 Å². The van der Waals surface area contributed by atoms with Gasteiger partial charge < -0.3 is 4.57 Å². The number of rotatable bonds is 4. The molecule has 2 aromatic rings. The van der Waals surface area contributed by atoms with E-state index in [-0.39, 0.29) is 5.92 Å². The zero-order chi connectivity index (χ0) is 15.0. The summed E-state index contributed by atoms with van der Waals surface area (Å²) in [5.74, 6) is 0.186. The van der Waals surface area contributed by atoms with Crippen LogP contribution in [0, 0.1) is 0 Å². The number of nitrogens with zero attached hydrogens (tertiary/aromatic N) is 4. The molecule has 7 nitrogen and oxygen atoms in total. The fraction of sp³-hybridized carbons (Fsp3) is 0.538. The number of aromatic nitrogens is 4. The van der Waals surface area contributed by atoms with Crippen molar-refractivity contribution in [1.29, 1.82) is 0 Å². The van der Waals surface area contributed by atoms with Crippen molar-refractivity contribution >= 4 is 9.84 Å². The number of hydrogen-bond donors (Lipinski definition) is 1. The molecule has 3 rings (SSSR count). The molecule has 0 bridgehead atoms. The van der Waals surface area contributed by atoms with Gasteiger partial charge in [-0.05, 0) is 13.0 Å². The van der Waals surface area contributed by atoms with E-state index in [1.165, 1.54) is 12.5 Å². The molecule has 1 N–H and O–H groups in total. The number of likely N-dealkylation sites (tertiary alicyclic amines) is 1. The molecule has 1 aliphatic heterocycles. The van der Waals surface area contributed by atoms with Crippen LogP contribution in [0.3, 0.4) is 0 Å². The number of sulfone groups is 1. The molecule has 1 fully saturated rings. The zero-order valence-electron chi connectivity index (χ0n) is 12.2. The van der Waals surface area contributed by atoms with Gasteiger partial charge in [-0.15, -0.1) is 0 Å². The summed E-state index contributed by atoms with van der Waals surface area (Å²) < 4.78 is 25.5. The molecule has 0 aromatic carbocycles. The molecule has 0 saturated carbocycles. The minimum atomic E-state index is -3.23. The number of aryl methyl sites for hydroxylation is 1. The first-order valence-corrected chi connectivity index (χ1v) is 8.75. The summed E-state index contributed by atoms with van der Waals surface area (Å²) in [6.07, 6.45) is 7.23. The van der Waals surface area contributed by atoms with Gasteiger partial charge in [0.15, 0.2) is 9.84 Å². The smallest absolute Gasteiger partial charge is 0.178 e. The van der Waals surface area contributed by atoms with Gasteiger partial charge in [-0.2, -0.15) is 5.10 Å². The van der Waals surface area contributed by atoms with E-state index >= 15 is 0 Å². The van der Waals surface area contributed by atoms with Crippen LogP contribution in [-0.4, -0.2) is 52.4 Å². The molecule has 1 atom stereocenters. The average molecular weight is 309 g/mol. The van der Waals surface area contributed by atoms with Crippen LogP contribution in [-0.2, 0) is 23.4 Å². The predicted octanol–water partition coefficient (Wildman–Crippen LogP) is 0.536. The SMILES string of the molecule is Cn1cncc1CN1CC[C@H](c2[nH]ncc2S(C)(=O)=O)C1. The van der Waals surface area contributed by atoms with Gasteiger partial charge in [-0.3, -0.25) is 10.00 Å². The Morgan fingerprint density at radius 2 is 2.24 bits per heavy atom.